The van der Waals surface area contributed by atoms with Crippen LogP contribution in [0.25, 0.3) is 0 Å². The largest absolute Gasteiger partial charge is 0.363 e. The minimum absolute atomic E-state index is 0.366. The zero-order valence-corrected chi connectivity index (χ0v) is 16.3. The molecule has 0 spiro atoms. The Labute approximate surface area is 160 Å². The molecule has 0 amide bonds. The van der Waals surface area contributed by atoms with Crippen molar-refractivity contribution in [2.24, 2.45) is 0 Å². The quantitative estimate of drug-likeness (QED) is 0.794. The van der Waals surface area contributed by atoms with Crippen molar-refractivity contribution in [1.29, 1.82) is 0 Å². The molecule has 1 saturated heterocycles. The molecule has 2 unspecified atom stereocenters. The Morgan fingerprint density at radius 1 is 1.12 bits per heavy atom. The molecule has 0 bridgehead atoms. The molecule has 134 valence electrons. The second-order valence-corrected chi connectivity index (χ2v) is 8.80. The van der Waals surface area contributed by atoms with Gasteiger partial charge in [0, 0.05) is 42.7 Å². The predicted octanol–water partition coefficient (Wildman–Crippen LogP) is 3.67. The fraction of sp³-hybridized carbons (Fsp3) is 0.500. The Morgan fingerprint density at radius 2 is 1.92 bits per heavy atom. The number of hydrogen-bond donors (Lipinski definition) is 0. The highest BCUT2D eigenvalue weighted by molar-refractivity contribution is 8.00. The van der Waals surface area contributed by atoms with Gasteiger partial charge in [0.2, 0.25) is 0 Å². The number of likely N-dealkylation sites (N-methyl/N-ethyl adjacent to an activating group) is 1. The van der Waals surface area contributed by atoms with Crippen LogP contribution in [0.1, 0.15) is 6.42 Å². The minimum Gasteiger partial charge on any atom is -0.363 e. The van der Waals surface area contributed by atoms with Crippen molar-refractivity contribution in [1.82, 2.24) is 9.80 Å². The van der Waals surface area contributed by atoms with E-state index in [1.54, 1.807) is 0 Å². The van der Waals surface area contributed by atoms with Gasteiger partial charge in [0.05, 0.1) is 17.0 Å². The number of allylic oxidation sites excluding steroid dienone is 2. The predicted molar refractivity (Wildman–Crippen MR) is 109 cm³/mol. The maximum atomic E-state index is 6.32. The van der Waals surface area contributed by atoms with Gasteiger partial charge in [-0.1, -0.05) is 29.8 Å². The van der Waals surface area contributed by atoms with Crippen molar-refractivity contribution >= 4 is 29.1 Å². The van der Waals surface area contributed by atoms with E-state index in [4.69, 9.17) is 11.6 Å². The maximum Gasteiger partial charge on any atom is 0.0648 e. The van der Waals surface area contributed by atoms with E-state index in [-0.39, 0.29) is 0 Å². The molecule has 3 nitrogen and oxygen atoms in total. The first kappa shape index (κ1) is 17.5. The third-order valence-electron chi connectivity index (χ3n) is 5.38. The van der Waals surface area contributed by atoms with Crippen molar-refractivity contribution in [3.05, 3.63) is 47.5 Å². The van der Waals surface area contributed by atoms with Crippen molar-refractivity contribution in [3.63, 3.8) is 0 Å². The molecule has 0 N–H and O–H groups in total. The Hall–Kier alpha value is -0.940. The zero-order chi connectivity index (χ0) is 17.2. The van der Waals surface area contributed by atoms with Crippen molar-refractivity contribution < 1.29 is 0 Å². The normalized spacial score (nSPS) is 27.0. The molecule has 2 atom stereocenters. The van der Waals surface area contributed by atoms with Crippen LogP contribution in [0.5, 0.6) is 0 Å². The first-order valence-corrected chi connectivity index (χ1v) is 10.5. The number of anilines is 1. The molecule has 25 heavy (non-hydrogen) atoms. The van der Waals surface area contributed by atoms with Crippen LogP contribution in [0.15, 0.2) is 52.4 Å². The number of nitrogens with zero attached hydrogens (tertiary/aromatic N) is 3. The third-order valence-corrected chi connectivity index (χ3v) is 6.94. The summed E-state index contributed by atoms with van der Waals surface area (Å²) >= 11 is 8.28. The Bertz CT molecular complexity index is 667. The number of fused-ring (bicyclic) bond motifs is 2. The smallest absolute Gasteiger partial charge is 0.0648 e. The summed E-state index contributed by atoms with van der Waals surface area (Å²) in [5, 5.41) is 1.33. The van der Waals surface area contributed by atoms with Gasteiger partial charge >= 0.3 is 0 Å². The number of benzene rings is 1. The topological polar surface area (TPSA) is 9.72 Å². The number of hydrogen-bond acceptors (Lipinski definition) is 4. The highest BCUT2D eigenvalue weighted by atomic mass is 35.5. The van der Waals surface area contributed by atoms with Crippen LogP contribution >= 0.6 is 23.4 Å². The van der Waals surface area contributed by atoms with Gasteiger partial charge in [-0.3, -0.25) is 0 Å². The Balaban J connectivity index is 1.45. The molecule has 0 aromatic heterocycles. The molecular weight excluding hydrogens is 350 g/mol. The van der Waals surface area contributed by atoms with Gasteiger partial charge in [-0.25, -0.2) is 0 Å². The molecule has 2 aliphatic heterocycles. The lowest BCUT2D eigenvalue weighted by Crippen LogP contribution is -2.47. The molecule has 5 heteroatoms. The number of piperazine rings is 1. The SMILES string of the molecule is CN1CCN(CCCN2c3ccccc3SC3C=CC(Cl)=CC32)CC1. The standard InChI is InChI=1S/C20H26ClN3S/c1-22-11-13-23(14-12-22)9-4-10-24-17-5-2-3-6-19(17)25-20-8-7-16(21)15-18(20)24/h2-3,5-8,15,18,20H,4,9-14H2,1H3. The summed E-state index contributed by atoms with van der Waals surface area (Å²) < 4.78 is 0. The highest BCUT2D eigenvalue weighted by Gasteiger charge is 2.33. The molecule has 1 fully saturated rings. The lowest BCUT2D eigenvalue weighted by Gasteiger charge is -2.42. The summed E-state index contributed by atoms with van der Waals surface area (Å²) in [6.07, 6.45) is 7.74. The number of halogens is 1. The second kappa shape index (κ2) is 7.75. The summed E-state index contributed by atoms with van der Waals surface area (Å²) in [6, 6.07) is 9.16. The fourth-order valence-corrected chi connectivity index (χ4v) is 5.38. The average molecular weight is 376 g/mol. The van der Waals surface area contributed by atoms with Crippen LogP contribution in [0.3, 0.4) is 0 Å². The van der Waals surface area contributed by atoms with E-state index in [0.717, 1.165) is 11.6 Å². The van der Waals surface area contributed by atoms with Gasteiger partial charge in [-0.05, 0) is 44.3 Å². The zero-order valence-electron chi connectivity index (χ0n) is 14.8. The van der Waals surface area contributed by atoms with Crippen molar-refractivity contribution in [2.75, 3.05) is 51.2 Å². The average Bonchev–Trinajstić information content (AvgIpc) is 2.63. The summed E-state index contributed by atoms with van der Waals surface area (Å²) in [5.41, 5.74) is 1.36. The van der Waals surface area contributed by atoms with E-state index < -0.39 is 0 Å². The van der Waals surface area contributed by atoms with E-state index in [1.165, 1.54) is 49.7 Å². The maximum absolute atomic E-state index is 6.32. The van der Waals surface area contributed by atoms with Crippen LogP contribution in [0.2, 0.25) is 0 Å². The second-order valence-electron chi connectivity index (χ2n) is 7.14. The van der Waals surface area contributed by atoms with Gasteiger partial charge in [0.25, 0.3) is 0 Å². The minimum atomic E-state index is 0.366. The molecule has 0 saturated carbocycles. The Kier molecular flexibility index (Phi) is 5.41. The van der Waals surface area contributed by atoms with E-state index in [2.05, 4.69) is 58.2 Å². The third kappa shape index (κ3) is 3.92. The summed E-state index contributed by atoms with van der Waals surface area (Å²) in [5.74, 6) is 0. The number of rotatable bonds is 4. The van der Waals surface area contributed by atoms with Gasteiger partial charge in [0.1, 0.15) is 0 Å². The fourth-order valence-electron chi connectivity index (χ4n) is 3.90. The van der Waals surface area contributed by atoms with Crippen LogP contribution in [-0.4, -0.2) is 67.4 Å². The van der Waals surface area contributed by atoms with Crippen molar-refractivity contribution in [3.8, 4) is 0 Å². The first-order chi connectivity index (χ1) is 12.2. The summed E-state index contributed by atoms with van der Waals surface area (Å²) in [6.45, 7) is 7.05. The molecule has 0 radical (unpaired) electrons. The van der Waals surface area contributed by atoms with E-state index in [0.29, 0.717) is 11.3 Å². The summed E-state index contributed by atoms with van der Waals surface area (Å²) in [4.78, 5) is 8.98. The number of para-hydroxylation sites is 1. The van der Waals surface area contributed by atoms with Crippen LogP contribution in [0.4, 0.5) is 5.69 Å². The van der Waals surface area contributed by atoms with Crippen molar-refractivity contribution in [2.45, 2.75) is 22.6 Å². The number of thioether (sulfide) groups is 1. The highest BCUT2D eigenvalue weighted by Crippen LogP contribution is 2.44. The van der Waals surface area contributed by atoms with Gasteiger partial charge < -0.3 is 14.7 Å². The lowest BCUT2D eigenvalue weighted by molar-refractivity contribution is 0.153. The molecule has 1 aromatic rings. The van der Waals surface area contributed by atoms with E-state index in [1.807, 2.05) is 17.8 Å². The molecular formula is C20H26ClN3S. The van der Waals surface area contributed by atoms with E-state index >= 15 is 0 Å². The summed E-state index contributed by atoms with van der Waals surface area (Å²) in [7, 11) is 2.21. The Morgan fingerprint density at radius 3 is 2.76 bits per heavy atom. The van der Waals surface area contributed by atoms with Crippen LogP contribution in [0, 0.1) is 0 Å². The van der Waals surface area contributed by atoms with Gasteiger partial charge in [-0.15, -0.1) is 11.8 Å². The molecule has 4 rings (SSSR count). The molecule has 1 aliphatic carbocycles. The monoisotopic (exact) mass is 375 g/mol. The molecule has 2 heterocycles. The molecule has 1 aromatic carbocycles. The van der Waals surface area contributed by atoms with Crippen LogP contribution < -0.4 is 4.90 Å². The molecule has 3 aliphatic rings. The van der Waals surface area contributed by atoms with Gasteiger partial charge in [-0.2, -0.15) is 0 Å². The lowest BCUT2D eigenvalue weighted by atomic mass is 10.0. The van der Waals surface area contributed by atoms with Gasteiger partial charge in [0.15, 0.2) is 0 Å². The van der Waals surface area contributed by atoms with E-state index in [9.17, 15) is 0 Å². The first-order valence-electron chi connectivity index (χ1n) is 9.19. The van der Waals surface area contributed by atoms with Crippen LogP contribution in [-0.2, 0) is 0 Å².